The molecule has 0 aliphatic heterocycles. The van der Waals surface area contributed by atoms with Crippen LogP contribution in [0.15, 0.2) is 91.0 Å². The minimum atomic E-state index is -0.0778. The van der Waals surface area contributed by atoms with Crippen molar-refractivity contribution in [2.24, 2.45) is 0 Å². The zero-order chi connectivity index (χ0) is 20.6. The SMILES string of the molecule is C1=C2CC3(c4ccccc42)c2c1cccc2-c1ccc2c4c(ccc3c14)-c1ccccc1-2. The molecule has 2 bridgehead atoms. The second-order valence-corrected chi connectivity index (χ2v) is 9.68. The highest BCUT2D eigenvalue weighted by molar-refractivity contribution is 6.21. The summed E-state index contributed by atoms with van der Waals surface area (Å²) in [5.41, 5.74) is 17.1. The van der Waals surface area contributed by atoms with E-state index in [1.54, 1.807) is 0 Å². The molecule has 1 spiro atoms. The Kier molecular flexibility index (Phi) is 2.45. The van der Waals surface area contributed by atoms with Crippen LogP contribution >= 0.6 is 0 Å². The fraction of sp³-hybridized carbons (Fsp3) is 0.0625. The molecule has 4 aliphatic carbocycles. The first-order valence-electron chi connectivity index (χ1n) is 11.5. The Hall–Kier alpha value is -3.90. The lowest BCUT2D eigenvalue weighted by atomic mass is 9.60. The van der Waals surface area contributed by atoms with Gasteiger partial charge in [-0.3, -0.25) is 0 Å². The molecule has 0 saturated carbocycles. The molecule has 0 heterocycles. The van der Waals surface area contributed by atoms with Gasteiger partial charge in [0.15, 0.2) is 0 Å². The summed E-state index contributed by atoms with van der Waals surface area (Å²) in [6.45, 7) is 0. The van der Waals surface area contributed by atoms with Gasteiger partial charge in [-0.1, -0.05) is 97.1 Å². The van der Waals surface area contributed by atoms with Gasteiger partial charge in [-0.05, 0) is 84.0 Å². The van der Waals surface area contributed by atoms with Crippen molar-refractivity contribution in [3.8, 4) is 33.4 Å². The van der Waals surface area contributed by atoms with Crippen LogP contribution in [0.3, 0.4) is 0 Å². The van der Waals surface area contributed by atoms with Crippen LogP contribution in [0.1, 0.15) is 34.2 Å². The highest BCUT2D eigenvalue weighted by Crippen LogP contribution is 2.65. The highest BCUT2D eigenvalue weighted by Gasteiger charge is 2.51. The first kappa shape index (κ1) is 15.8. The summed E-state index contributed by atoms with van der Waals surface area (Å²) < 4.78 is 0. The molecular weight excluding hydrogens is 384 g/mol. The lowest BCUT2D eigenvalue weighted by Crippen LogP contribution is -2.31. The standard InChI is InChI=1S/C32H18/c1-2-9-22-21(8-1)23-12-13-25-26-10-5-6-18-16-19-17-32(31(18)26,27-11-4-3-7-20(19)27)28-15-14-24(22)29(23)30(25)28/h1-16H,17H2. The summed E-state index contributed by atoms with van der Waals surface area (Å²) >= 11 is 0. The summed E-state index contributed by atoms with van der Waals surface area (Å²) in [4.78, 5) is 0. The molecule has 0 heteroatoms. The van der Waals surface area contributed by atoms with Crippen molar-refractivity contribution >= 4 is 22.4 Å². The summed E-state index contributed by atoms with van der Waals surface area (Å²) in [7, 11) is 0. The zero-order valence-electron chi connectivity index (χ0n) is 17.4. The van der Waals surface area contributed by atoms with Crippen molar-refractivity contribution in [2.75, 3.05) is 0 Å². The van der Waals surface area contributed by atoms with Crippen molar-refractivity contribution in [1.82, 2.24) is 0 Å². The number of allylic oxidation sites excluding steroid dienone is 1. The third kappa shape index (κ3) is 1.49. The van der Waals surface area contributed by atoms with E-state index in [2.05, 4.69) is 97.1 Å². The molecule has 146 valence electrons. The van der Waals surface area contributed by atoms with Gasteiger partial charge < -0.3 is 0 Å². The van der Waals surface area contributed by atoms with E-state index in [0.29, 0.717) is 0 Å². The average Bonchev–Trinajstić information content (AvgIpc) is 3.31. The largest absolute Gasteiger partial charge is 0.0619 e. The number of benzene rings is 5. The predicted octanol–water partition coefficient (Wildman–Crippen LogP) is 8.06. The molecule has 5 aromatic carbocycles. The molecule has 0 nitrogen and oxygen atoms in total. The molecule has 5 aromatic rings. The lowest BCUT2D eigenvalue weighted by molar-refractivity contribution is 0.661. The number of rotatable bonds is 0. The van der Waals surface area contributed by atoms with Crippen LogP contribution in [0.2, 0.25) is 0 Å². The van der Waals surface area contributed by atoms with Crippen LogP contribution in [-0.2, 0) is 5.41 Å². The molecule has 32 heavy (non-hydrogen) atoms. The molecule has 1 atom stereocenters. The van der Waals surface area contributed by atoms with Crippen molar-refractivity contribution in [1.29, 1.82) is 0 Å². The number of hydrogen-bond acceptors (Lipinski definition) is 0. The maximum Gasteiger partial charge on any atom is 0.0516 e. The van der Waals surface area contributed by atoms with Gasteiger partial charge in [0.25, 0.3) is 0 Å². The van der Waals surface area contributed by atoms with Gasteiger partial charge in [0.2, 0.25) is 0 Å². The summed E-state index contributed by atoms with van der Waals surface area (Å²) in [5, 5.41) is 2.92. The van der Waals surface area contributed by atoms with Crippen molar-refractivity contribution in [2.45, 2.75) is 11.8 Å². The monoisotopic (exact) mass is 402 g/mol. The van der Waals surface area contributed by atoms with Crippen LogP contribution in [0, 0.1) is 0 Å². The van der Waals surface area contributed by atoms with Gasteiger partial charge in [-0.2, -0.15) is 0 Å². The van der Waals surface area contributed by atoms with Crippen LogP contribution in [0.5, 0.6) is 0 Å². The normalized spacial score (nSPS) is 19.4. The van der Waals surface area contributed by atoms with Gasteiger partial charge in [0.05, 0.1) is 5.41 Å². The highest BCUT2D eigenvalue weighted by atomic mass is 14.5. The molecule has 0 aromatic heterocycles. The molecule has 1 unspecified atom stereocenters. The maximum atomic E-state index is 2.46. The Bertz CT molecular complexity index is 1720. The average molecular weight is 402 g/mol. The number of hydrogen-bond donors (Lipinski definition) is 0. The van der Waals surface area contributed by atoms with E-state index < -0.39 is 0 Å². The Balaban J connectivity index is 1.55. The van der Waals surface area contributed by atoms with Crippen LogP contribution < -0.4 is 0 Å². The van der Waals surface area contributed by atoms with E-state index in [9.17, 15) is 0 Å². The van der Waals surface area contributed by atoms with E-state index in [1.165, 1.54) is 77.5 Å². The van der Waals surface area contributed by atoms with E-state index in [1.807, 2.05) is 0 Å². The first-order chi connectivity index (χ1) is 15.9. The summed E-state index contributed by atoms with van der Waals surface area (Å²) in [6.07, 6.45) is 3.52. The smallest absolute Gasteiger partial charge is 0.0516 e. The molecule has 4 aliphatic rings. The van der Waals surface area contributed by atoms with Crippen molar-refractivity contribution in [3.63, 3.8) is 0 Å². The van der Waals surface area contributed by atoms with Crippen molar-refractivity contribution < 1.29 is 0 Å². The van der Waals surface area contributed by atoms with Crippen LogP contribution in [0.25, 0.3) is 55.8 Å². The Morgan fingerprint density at radius 1 is 0.469 bits per heavy atom. The summed E-state index contributed by atoms with van der Waals surface area (Å²) in [5.74, 6) is 0. The van der Waals surface area contributed by atoms with E-state index in [-0.39, 0.29) is 5.41 Å². The third-order valence-electron chi connectivity index (χ3n) is 8.46. The molecule has 0 N–H and O–H groups in total. The Morgan fingerprint density at radius 2 is 1.12 bits per heavy atom. The fourth-order valence-electron chi connectivity index (χ4n) is 7.39. The molecule has 0 radical (unpaired) electrons. The zero-order valence-corrected chi connectivity index (χ0v) is 17.4. The fourth-order valence-corrected chi connectivity index (χ4v) is 7.39. The number of fused-ring (bicyclic) bond motifs is 7. The minimum absolute atomic E-state index is 0.0778. The maximum absolute atomic E-state index is 2.46. The lowest BCUT2D eigenvalue weighted by Gasteiger charge is -2.41. The van der Waals surface area contributed by atoms with Gasteiger partial charge in [-0.25, -0.2) is 0 Å². The van der Waals surface area contributed by atoms with Crippen LogP contribution in [0.4, 0.5) is 0 Å². The predicted molar refractivity (Wildman–Crippen MR) is 133 cm³/mol. The van der Waals surface area contributed by atoms with E-state index in [0.717, 1.165) is 6.42 Å². The molecule has 9 rings (SSSR count). The quantitative estimate of drug-likeness (QED) is 0.241. The topological polar surface area (TPSA) is 0 Å². The van der Waals surface area contributed by atoms with Gasteiger partial charge in [0.1, 0.15) is 0 Å². The first-order valence-corrected chi connectivity index (χ1v) is 11.5. The van der Waals surface area contributed by atoms with Gasteiger partial charge >= 0.3 is 0 Å². The second-order valence-electron chi connectivity index (χ2n) is 9.68. The third-order valence-corrected chi connectivity index (χ3v) is 8.46. The van der Waals surface area contributed by atoms with E-state index in [4.69, 9.17) is 0 Å². The molecular formula is C32H18. The minimum Gasteiger partial charge on any atom is -0.0619 e. The summed E-state index contributed by atoms with van der Waals surface area (Å²) in [6, 6.07) is 34.6. The molecule has 0 saturated heterocycles. The Morgan fingerprint density at radius 3 is 1.94 bits per heavy atom. The van der Waals surface area contributed by atoms with Crippen LogP contribution in [-0.4, -0.2) is 0 Å². The van der Waals surface area contributed by atoms with Gasteiger partial charge in [0, 0.05) is 0 Å². The van der Waals surface area contributed by atoms with Gasteiger partial charge in [-0.15, -0.1) is 0 Å². The second kappa shape index (κ2) is 4.95. The van der Waals surface area contributed by atoms with Crippen molar-refractivity contribution in [3.05, 3.63) is 119 Å². The molecule has 0 amide bonds. The Labute approximate surface area is 186 Å². The molecule has 0 fully saturated rings. The van der Waals surface area contributed by atoms with E-state index >= 15 is 0 Å².